The summed E-state index contributed by atoms with van der Waals surface area (Å²) in [5, 5.41) is 8.16. The molecule has 1 heterocycles. The van der Waals surface area contributed by atoms with Gasteiger partial charge in [-0.25, -0.2) is 9.97 Å². The molecule has 0 aliphatic heterocycles. The molecule has 0 bridgehead atoms. The lowest BCUT2D eigenvalue weighted by molar-refractivity contribution is 0.572. The van der Waals surface area contributed by atoms with Gasteiger partial charge in [-0.2, -0.15) is 9.65 Å². The first-order valence-electron chi connectivity index (χ1n) is 2.67. The summed E-state index contributed by atoms with van der Waals surface area (Å²) in [6.45, 7) is 0. The molecule has 0 aliphatic carbocycles. The van der Waals surface area contributed by atoms with Crippen LogP contribution in [-0.4, -0.2) is 9.97 Å². The SMILES string of the molecule is N#CCc1nccc(F)n1. The third kappa shape index (κ3) is 1.49. The fourth-order valence-corrected chi connectivity index (χ4v) is 0.530. The van der Waals surface area contributed by atoms with Crippen LogP contribution in [0.1, 0.15) is 5.82 Å². The standard InChI is InChI=1S/C6H4FN3/c7-5-2-4-9-6(10-5)1-3-8/h2,4H,1H2. The molecule has 0 saturated carbocycles. The maximum Gasteiger partial charge on any atom is 0.216 e. The van der Waals surface area contributed by atoms with Gasteiger partial charge < -0.3 is 0 Å². The largest absolute Gasteiger partial charge is 0.240 e. The average molecular weight is 137 g/mol. The molecule has 1 aromatic heterocycles. The first kappa shape index (κ1) is 6.62. The van der Waals surface area contributed by atoms with Crippen LogP contribution in [0.2, 0.25) is 0 Å². The van der Waals surface area contributed by atoms with E-state index in [2.05, 4.69) is 9.97 Å². The van der Waals surface area contributed by atoms with Crippen LogP contribution in [0.5, 0.6) is 0 Å². The zero-order valence-corrected chi connectivity index (χ0v) is 5.08. The molecule has 0 aliphatic rings. The Morgan fingerprint density at radius 1 is 1.70 bits per heavy atom. The predicted octanol–water partition coefficient (Wildman–Crippen LogP) is 0.682. The zero-order chi connectivity index (χ0) is 7.40. The number of aromatic nitrogens is 2. The molecule has 1 rings (SSSR count). The number of halogens is 1. The van der Waals surface area contributed by atoms with Crippen LogP contribution >= 0.6 is 0 Å². The summed E-state index contributed by atoms with van der Waals surface area (Å²) >= 11 is 0. The van der Waals surface area contributed by atoms with Gasteiger partial charge in [0, 0.05) is 12.3 Å². The minimum Gasteiger partial charge on any atom is -0.240 e. The highest BCUT2D eigenvalue weighted by Crippen LogP contribution is 1.92. The van der Waals surface area contributed by atoms with Gasteiger partial charge in [0.15, 0.2) is 0 Å². The van der Waals surface area contributed by atoms with Crippen molar-refractivity contribution in [3.05, 3.63) is 24.0 Å². The second kappa shape index (κ2) is 2.87. The van der Waals surface area contributed by atoms with E-state index in [1.165, 1.54) is 6.20 Å². The third-order valence-electron chi connectivity index (χ3n) is 0.909. The topological polar surface area (TPSA) is 49.6 Å². The molecule has 50 valence electrons. The molecule has 0 spiro atoms. The van der Waals surface area contributed by atoms with Gasteiger partial charge in [-0.15, -0.1) is 0 Å². The van der Waals surface area contributed by atoms with Crippen LogP contribution in [0.4, 0.5) is 4.39 Å². The van der Waals surface area contributed by atoms with Gasteiger partial charge in [0.25, 0.3) is 0 Å². The molecule has 0 fully saturated rings. The monoisotopic (exact) mass is 137 g/mol. The fraction of sp³-hybridized carbons (Fsp3) is 0.167. The molecule has 10 heavy (non-hydrogen) atoms. The van der Waals surface area contributed by atoms with Gasteiger partial charge in [0.05, 0.1) is 12.5 Å². The van der Waals surface area contributed by atoms with Gasteiger partial charge >= 0.3 is 0 Å². The van der Waals surface area contributed by atoms with E-state index in [1.54, 1.807) is 0 Å². The molecule has 4 heteroatoms. The van der Waals surface area contributed by atoms with Gasteiger partial charge in [0.1, 0.15) is 5.82 Å². The molecule has 0 saturated heterocycles. The Labute approximate surface area is 57.2 Å². The number of hydrogen-bond acceptors (Lipinski definition) is 3. The van der Waals surface area contributed by atoms with E-state index in [9.17, 15) is 4.39 Å². The van der Waals surface area contributed by atoms with Crippen molar-refractivity contribution in [3.63, 3.8) is 0 Å². The highest BCUT2D eigenvalue weighted by atomic mass is 19.1. The lowest BCUT2D eigenvalue weighted by Gasteiger charge is -1.89. The Bertz CT molecular complexity index is 266. The Balaban J connectivity index is 2.87. The van der Waals surface area contributed by atoms with E-state index in [4.69, 9.17) is 5.26 Å². The fourth-order valence-electron chi connectivity index (χ4n) is 0.530. The van der Waals surface area contributed by atoms with Crippen molar-refractivity contribution in [1.82, 2.24) is 9.97 Å². The van der Waals surface area contributed by atoms with Gasteiger partial charge in [0.2, 0.25) is 5.95 Å². The van der Waals surface area contributed by atoms with Crippen LogP contribution in [-0.2, 0) is 6.42 Å². The highest BCUT2D eigenvalue weighted by Gasteiger charge is 1.95. The Kier molecular flexibility index (Phi) is 1.90. The molecule has 0 aromatic carbocycles. The molecule has 0 atom stereocenters. The summed E-state index contributed by atoms with van der Waals surface area (Å²) in [5.41, 5.74) is 0. The van der Waals surface area contributed by atoms with Crippen LogP contribution in [0.25, 0.3) is 0 Å². The second-order valence-electron chi connectivity index (χ2n) is 1.63. The summed E-state index contributed by atoms with van der Waals surface area (Å²) in [4.78, 5) is 7.02. The van der Waals surface area contributed by atoms with Gasteiger partial charge in [-0.1, -0.05) is 0 Å². The molecule has 0 radical (unpaired) electrons. The Hall–Kier alpha value is -1.50. The van der Waals surface area contributed by atoms with E-state index in [-0.39, 0.29) is 12.2 Å². The van der Waals surface area contributed by atoms with Crippen molar-refractivity contribution < 1.29 is 4.39 Å². The quantitative estimate of drug-likeness (QED) is 0.535. The van der Waals surface area contributed by atoms with Crippen molar-refractivity contribution >= 4 is 0 Å². The van der Waals surface area contributed by atoms with E-state index in [0.717, 1.165) is 6.07 Å². The third-order valence-corrected chi connectivity index (χ3v) is 0.909. The van der Waals surface area contributed by atoms with Gasteiger partial charge in [-0.05, 0) is 0 Å². The molecular formula is C6H4FN3. The van der Waals surface area contributed by atoms with Crippen molar-refractivity contribution in [2.45, 2.75) is 6.42 Å². The normalized spacial score (nSPS) is 8.80. The molecule has 0 amide bonds. The maximum absolute atomic E-state index is 12.2. The van der Waals surface area contributed by atoms with Crippen molar-refractivity contribution in [2.75, 3.05) is 0 Å². The summed E-state index contributed by atoms with van der Waals surface area (Å²) in [6.07, 6.45) is 1.34. The van der Waals surface area contributed by atoms with E-state index < -0.39 is 5.95 Å². The number of nitriles is 1. The number of rotatable bonds is 1. The first-order valence-corrected chi connectivity index (χ1v) is 2.67. The summed E-state index contributed by atoms with van der Waals surface area (Å²) < 4.78 is 12.2. The molecule has 1 aromatic rings. The lowest BCUT2D eigenvalue weighted by atomic mass is 10.4. The molecule has 0 N–H and O–H groups in total. The summed E-state index contributed by atoms with van der Waals surface area (Å²) in [5.74, 6) is -0.372. The zero-order valence-electron chi connectivity index (χ0n) is 5.08. The van der Waals surface area contributed by atoms with Crippen LogP contribution in [0, 0.1) is 17.3 Å². The molecule has 0 unspecified atom stereocenters. The second-order valence-corrected chi connectivity index (χ2v) is 1.63. The summed E-state index contributed by atoms with van der Waals surface area (Å²) in [6, 6.07) is 2.96. The first-order chi connectivity index (χ1) is 4.83. The van der Waals surface area contributed by atoms with Crippen LogP contribution < -0.4 is 0 Å². The maximum atomic E-state index is 12.2. The molecule has 3 nitrogen and oxygen atoms in total. The lowest BCUT2D eigenvalue weighted by Crippen LogP contribution is -1.94. The molecular weight excluding hydrogens is 133 g/mol. The van der Waals surface area contributed by atoms with Crippen molar-refractivity contribution in [2.24, 2.45) is 0 Å². The van der Waals surface area contributed by atoms with Gasteiger partial charge in [-0.3, -0.25) is 0 Å². The smallest absolute Gasteiger partial charge is 0.216 e. The van der Waals surface area contributed by atoms with E-state index in [1.807, 2.05) is 6.07 Å². The highest BCUT2D eigenvalue weighted by molar-refractivity contribution is 4.96. The van der Waals surface area contributed by atoms with Crippen LogP contribution in [0.15, 0.2) is 12.3 Å². The Morgan fingerprint density at radius 2 is 2.50 bits per heavy atom. The minimum atomic E-state index is -0.597. The number of nitrogens with zero attached hydrogens (tertiary/aromatic N) is 3. The van der Waals surface area contributed by atoms with Crippen molar-refractivity contribution in [1.29, 1.82) is 5.26 Å². The van der Waals surface area contributed by atoms with Crippen LogP contribution in [0.3, 0.4) is 0 Å². The van der Waals surface area contributed by atoms with E-state index in [0.29, 0.717) is 0 Å². The number of hydrogen-bond donors (Lipinski definition) is 0. The minimum absolute atomic E-state index is 0.0533. The van der Waals surface area contributed by atoms with Crippen molar-refractivity contribution in [3.8, 4) is 6.07 Å². The average Bonchev–Trinajstić information content (AvgIpc) is 1.88. The van der Waals surface area contributed by atoms with E-state index >= 15 is 0 Å². The summed E-state index contributed by atoms with van der Waals surface area (Å²) in [7, 11) is 0. The Morgan fingerprint density at radius 3 is 3.10 bits per heavy atom. The predicted molar refractivity (Wildman–Crippen MR) is 31.3 cm³/mol.